The third-order valence-electron chi connectivity index (χ3n) is 10.7. The Morgan fingerprint density at radius 2 is 0.673 bits per heavy atom. The number of aryl methyl sites for hydroxylation is 5. The quantitative estimate of drug-likeness (QED) is 0.105. The molecular formula is C49H47O5P. The number of hydrogen-bond donors (Lipinski definition) is 4. The van der Waals surface area contributed by atoms with Gasteiger partial charge in [-0.05, 0) is 0 Å². The van der Waals surface area contributed by atoms with Crippen LogP contribution in [0.3, 0.4) is 0 Å². The Kier molecular flexibility index (Phi) is 9.94. The summed E-state index contributed by atoms with van der Waals surface area (Å²) >= 11 is 0. The van der Waals surface area contributed by atoms with E-state index in [0.29, 0.717) is 29.7 Å². The molecule has 0 spiro atoms. The molecule has 278 valence electrons. The van der Waals surface area contributed by atoms with E-state index in [2.05, 4.69) is 137 Å². The van der Waals surface area contributed by atoms with Gasteiger partial charge in [0.25, 0.3) is 0 Å². The van der Waals surface area contributed by atoms with Crippen LogP contribution in [0.1, 0.15) is 50.1 Å². The van der Waals surface area contributed by atoms with E-state index < -0.39 is 6.83 Å². The summed E-state index contributed by atoms with van der Waals surface area (Å²) in [7, 11) is 0. The van der Waals surface area contributed by atoms with Crippen LogP contribution < -0.4 is 25.7 Å². The van der Waals surface area contributed by atoms with E-state index in [-0.39, 0.29) is 23.0 Å². The van der Waals surface area contributed by atoms with Gasteiger partial charge in [0, 0.05) is 0 Å². The molecule has 55 heavy (non-hydrogen) atoms. The summed E-state index contributed by atoms with van der Waals surface area (Å²) in [6.45, 7) is 6.09. The van der Waals surface area contributed by atoms with Crippen LogP contribution >= 0.6 is 6.83 Å². The van der Waals surface area contributed by atoms with E-state index in [1.807, 2.05) is 6.92 Å². The second-order valence-corrected chi connectivity index (χ2v) is 19.2. The summed E-state index contributed by atoms with van der Waals surface area (Å²) < 4.78 is 8.35. The normalized spacial score (nSPS) is 12.2. The summed E-state index contributed by atoms with van der Waals surface area (Å²) in [5.74, 6) is 0.555. The van der Waals surface area contributed by atoms with Crippen molar-refractivity contribution in [3.8, 4) is 28.7 Å². The molecule has 0 radical (unpaired) electrons. The topological polar surface area (TPSA) is 90.2 Å². The van der Waals surface area contributed by atoms with Gasteiger partial charge in [-0.1, -0.05) is 0 Å². The van der Waals surface area contributed by atoms with Gasteiger partial charge in [-0.15, -0.1) is 0 Å². The van der Waals surface area contributed by atoms with Crippen LogP contribution in [0.4, 0.5) is 0 Å². The van der Waals surface area contributed by atoms with Crippen molar-refractivity contribution < 1.29 is 24.9 Å². The average Bonchev–Trinajstić information content (AvgIpc) is 3.15. The van der Waals surface area contributed by atoms with Crippen molar-refractivity contribution in [3.63, 3.8) is 0 Å². The minimum absolute atomic E-state index is 0.0168. The number of phenols is 4. The van der Waals surface area contributed by atoms with E-state index in [9.17, 15) is 20.4 Å². The molecule has 0 aliphatic heterocycles. The third-order valence-corrected chi connectivity index (χ3v) is 16.3. The molecule has 6 heteroatoms. The molecule has 0 amide bonds. The zero-order valence-corrected chi connectivity index (χ0v) is 32.8. The molecule has 0 saturated carbocycles. The van der Waals surface area contributed by atoms with Gasteiger partial charge in [-0.25, -0.2) is 0 Å². The zero-order valence-electron chi connectivity index (χ0n) is 31.9. The van der Waals surface area contributed by atoms with E-state index >= 15 is 0 Å². The molecule has 0 unspecified atom stereocenters. The first-order valence-electron chi connectivity index (χ1n) is 18.5. The predicted molar refractivity (Wildman–Crippen MR) is 227 cm³/mol. The summed E-state index contributed by atoms with van der Waals surface area (Å²) in [6.07, 6.45) is 0.599. The standard InChI is InChI=1S/C49H47O5P/c1-32-6-18-43(19-7-32)55(44-20-8-33(2)9-21-44,45-22-10-34(3)11-23-45,46-24-12-35(4)13-25-46)54-49-39(28-37-14-16-41(50)30-47(37)52)26-36(5)27-40(49)29-38-15-17-42(51)31-48(38)53/h6-27,30-31,50-53H,28-29H2,1-5H3. The van der Waals surface area contributed by atoms with Crippen molar-refractivity contribution in [1.29, 1.82) is 0 Å². The maximum absolute atomic E-state index is 11.1. The molecule has 0 fully saturated rings. The molecular weight excluding hydrogens is 700 g/mol. The second-order valence-electron chi connectivity index (χ2n) is 14.9. The number of benzene rings is 7. The van der Waals surface area contributed by atoms with Crippen LogP contribution in [0.5, 0.6) is 28.7 Å². The van der Waals surface area contributed by atoms with Crippen molar-refractivity contribution in [2.45, 2.75) is 47.5 Å². The number of phenolic OH excluding ortho intramolecular Hbond substituents is 4. The van der Waals surface area contributed by atoms with Gasteiger partial charge in [0.2, 0.25) is 0 Å². The SMILES string of the molecule is Cc1ccc(P(Oc2c(Cc3ccc(O)cc3O)cc(C)cc2Cc2ccc(O)cc2O)(c2ccc(C)cc2)(c2ccc(C)cc2)c2ccc(C)cc2)cc1. The second kappa shape index (κ2) is 14.7. The van der Waals surface area contributed by atoms with Crippen molar-refractivity contribution in [2.75, 3.05) is 0 Å². The van der Waals surface area contributed by atoms with Crippen molar-refractivity contribution >= 4 is 28.0 Å². The Hall–Kier alpha value is -6.03. The minimum atomic E-state index is -4.30. The Morgan fingerprint density at radius 3 is 0.964 bits per heavy atom. The van der Waals surface area contributed by atoms with Gasteiger partial charge < -0.3 is 0 Å². The molecule has 0 aromatic heterocycles. The van der Waals surface area contributed by atoms with E-state index in [4.69, 9.17) is 4.52 Å². The zero-order chi connectivity index (χ0) is 38.9. The van der Waals surface area contributed by atoms with E-state index in [1.54, 1.807) is 24.3 Å². The van der Waals surface area contributed by atoms with Gasteiger partial charge in [-0.3, -0.25) is 0 Å². The molecule has 0 bridgehead atoms. The van der Waals surface area contributed by atoms with Crippen LogP contribution in [-0.2, 0) is 12.8 Å². The molecule has 7 rings (SSSR count). The molecule has 0 atom stereocenters. The fraction of sp³-hybridized carbons (Fsp3) is 0.143. The van der Waals surface area contributed by atoms with Gasteiger partial charge in [0.15, 0.2) is 0 Å². The van der Waals surface area contributed by atoms with Gasteiger partial charge in [0.05, 0.1) is 0 Å². The summed E-state index contributed by atoms with van der Waals surface area (Å²) in [6, 6.07) is 48.4. The van der Waals surface area contributed by atoms with Gasteiger partial charge in [0.1, 0.15) is 0 Å². The molecule has 0 aliphatic carbocycles. The molecule has 7 aromatic carbocycles. The molecule has 4 N–H and O–H groups in total. The van der Waals surface area contributed by atoms with Crippen LogP contribution in [-0.4, -0.2) is 20.4 Å². The Morgan fingerprint density at radius 1 is 0.364 bits per heavy atom. The molecule has 5 nitrogen and oxygen atoms in total. The Balaban J connectivity index is 1.66. The van der Waals surface area contributed by atoms with Crippen molar-refractivity contribution in [2.24, 2.45) is 0 Å². The van der Waals surface area contributed by atoms with Crippen molar-refractivity contribution in [1.82, 2.24) is 0 Å². The molecule has 0 aliphatic rings. The average molecular weight is 747 g/mol. The molecule has 0 saturated heterocycles. The van der Waals surface area contributed by atoms with Crippen LogP contribution in [0.2, 0.25) is 0 Å². The fourth-order valence-corrected chi connectivity index (χ4v) is 13.4. The summed E-state index contributed by atoms with van der Waals surface area (Å²) in [5.41, 5.74) is 8.40. The fourth-order valence-electron chi connectivity index (χ4n) is 7.73. The third kappa shape index (κ3) is 6.81. The Labute approximate surface area is 323 Å². The molecule has 0 heterocycles. The number of hydrogen-bond acceptors (Lipinski definition) is 5. The summed E-state index contributed by atoms with van der Waals surface area (Å²) in [4.78, 5) is 0. The summed E-state index contributed by atoms with van der Waals surface area (Å²) in [5, 5.41) is 46.7. The van der Waals surface area contributed by atoms with E-state index in [0.717, 1.165) is 60.2 Å². The van der Waals surface area contributed by atoms with Gasteiger partial charge >= 0.3 is 325 Å². The van der Waals surface area contributed by atoms with Crippen LogP contribution in [0.15, 0.2) is 146 Å². The molecule has 7 aromatic rings. The van der Waals surface area contributed by atoms with Gasteiger partial charge in [-0.2, -0.15) is 0 Å². The first kappa shape index (κ1) is 37.3. The first-order chi connectivity index (χ1) is 26.4. The van der Waals surface area contributed by atoms with Crippen molar-refractivity contribution in [3.05, 3.63) is 196 Å². The van der Waals surface area contributed by atoms with Crippen LogP contribution in [0.25, 0.3) is 0 Å². The van der Waals surface area contributed by atoms with E-state index in [1.165, 1.54) is 12.1 Å². The monoisotopic (exact) mass is 746 g/mol. The number of rotatable bonds is 10. The Bertz CT molecular complexity index is 2220. The van der Waals surface area contributed by atoms with Crippen LogP contribution in [0, 0.1) is 34.6 Å². The first-order valence-corrected chi connectivity index (χ1v) is 20.7. The predicted octanol–water partition coefficient (Wildman–Crippen LogP) is 9.38. The number of aromatic hydroxyl groups is 4. The maximum atomic E-state index is 11.1.